The highest BCUT2D eigenvalue weighted by Crippen LogP contribution is 2.30. The number of hydrogen-bond donors (Lipinski definition) is 1. The van der Waals surface area contributed by atoms with Gasteiger partial charge in [0.25, 0.3) is 0 Å². The number of nitrogens with one attached hydrogen (secondary N) is 1. The molecule has 1 fully saturated rings. The maximum atomic E-state index is 4.35. The van der Waals surface area contributed by atoms with Crippen molar-refractivity contribution >= 4 is 5.82 Å². The van der Waals surface area contributed by atoms with Gasteiger partial charge in [-0.15, -0.1) is 0 Å². The first kappa shape index (κ1) is 13.3. The largest absolute Gasteiger partial charge is 0.367 e. The first-order chi connectivity index (χ1) is 8.69. The highest BCUT2D eigenvalue weighted by Gasteiger charge is 2.25. The Morgan fingerprint density at radius 3 is 2.83 bits per heavy atom. The summed E-state index contributed by atoms with van der Waals surface area (Å²) >= 11 is 0. The summed E-state index contributed by atoms with van der Waals surface area (Å²) in [7, 11) is 0. The number of aromatic nitrogens is 2. The molecule has 1 aromatic rings. The molecule has 1 aliphatic carbocycles. The van der Waals surface area contributed by atoms with Crippen molar-refractivity contribution in [3.63, 3.8) is 0 Å². The molecule has 1 aliphatic rings. The van der Waals surface area contributed by atoms with Crippen LogP contribution in [0.15, 0.2) is 12.4 Å². The SMILES string of the molecule is CCCc1cc(NC2CCC(C)CC2C)ncn1. The van der Waals surface area contributed by atoms with Crippen LogP contribution in [0, 0.1) is 11.8 Å². The fourth-order valence-electron chi connectivity index (χ4n) is 2.94. The third-order valence-corrected chi connectivity index (χ3v) is 3.99. The lowest BCUT2D eigenvalue weighted by Gasteiger charge is -2.33. The average molecular weight is 247 g/mol. The first-order valence-electron chi connectivity index (χ1n) is 7.26. The maximum Gasteiger partial charge on any atom is 0.129 e. The van der Waals surface area contributed by atoms with Crippen LogP contribution >= 0.6 is 0 Å². The second-order valence-electron chi connectivity index (χ2n) is 5.79. The van der Waals surface area contributed by atoms with E-state index < -0.39 is 0 Å². The lowest BCUT2D eigenvalue weighted by atomic mass is 9.80. The lowest BCUT2D eigenvalue weighted by Crippen LogP contribution is -2.33. The molecular formula is C15H25N3. The predicted octanol–water partition coefficient (Wildman–Crippen LogP) is 3.67. The van der Waals surface area contributed by atoms with E-state index in [9.17, 15) is 0 Å². The smallest absolute Gasteiger partial charge is 0.129 e. The Labute approximate surface area is 110 Å². The molecular weight excluding hydrogens is 222 g/mol. The van der Waals surface area contributed by atoms with Crippen molar-refractivity contribution in [3.8, 4) is 0 Å². The average Bonchev–Trinajstić information content (AvgIpc) is 2.34. The molecule has 3 unspecified atom stereocenters. The summed E-state index contributed by atoms with van der Waals surface area (Å²) < 4.78 is 0. The van der Waals surface area contributed by atoms with Gasteiger partial charge in [0.1, 0.15) is 12.1 Å². The van der Waals surface area contributed by atoms with Gasteiger partial charge in [0.05, 0.1) is 0 Å². The van der Waals surface area contributed by atoms with Gasteiger partial charge in [-0.05, 0) is 37.5 Å². The van der Waals surface area contributed by atoms with E-state index >= 15 is 0 Å². The molecule has 0 spiro atoms. The van der Waals surface area contributed by atoms with Crippen LogP contribution < -0.4 is 5.32 Å². The Balaban J connectivity index is 1.98. The fourth-order valence-corrected chi connectivity index (χ4v) is 2.94. The Morgan fingerprint density at radius 2 is 2.11 bits per heavy atom. The monoisotopic (exact) mass is 247 g/mol. The zero-order valence-electron chi connectivity index (χ0n) is 11.8. The molecule has 0 bridgehead atoms. The Morgan fingerprint density at radius 1 is 1.28 bits per heavy atom. The molecule has 3 atom stereocenters. The minimum absolute atomic E-state index is 0.575. The van der Waals surface area contributed by atoms with Gasteiger partial charge in [-0.3, -0.25) is 0 Å². The van der Waals surface area contributed by atoms with Gasteiger partial charge in [-0.2, -0.15) is 0 Å². The number of aryl methyl sites for hydroxylation is 1. The zero-order valence-corrected chi connectivity index (χ0v) is 11.8. The normalized spacial score (nSPS) is 28.1. The summed E-state index contributed by atoms with van der Waals surface area (Å²) in [6.45, 7) is 6.89. The molecule has 1 heterocycles. The summed E-state index contributed by atoms with van der Waals surface area (Å²) in [5.74, 6) is 2.61. The quantitative estimate of drug-likeness (QED) is 0.882. The first-order valence-corrected chi connectivity index (χ1v) is 7.26. The van der Waals surface area contributed by atoms with Gasteiger partial charge in [0.15, 0.2) is 0 Å². The molecule has 3 heteroatoms. The van der Waals surface area contributed by atoms with E-state index in [0.717, 1.165) is 36.2 Å². The van der Waals surface area contributed by atoms with E-state index in [1.54, 1.807) is 6.33 Å². The predicted molar refractivity (Wildman–Crippen MR) is 75.6 cm³/mol. The van der Waals surface area contributed by atoms with Crippen molar-refractivity contribution in [1.29, 1.82) is 0 Å². The highest BCUT2D eigenvalue weighted by atomic mass is 15.0. The van der Waals surface area contributed by atoms with Gasteiger partial charge in [0.2, 0.25) is 0 Å². The topological polar surface area (TPSA) is 37.8 Å². The Hall–Kier alpha value is -1.12. The van der Waals surface area contributed by atoms with Crippen LogP contribution in [0.1, 0.15) is 52.1 Å². The summed E-state index contributed by atoms with van der Waals surface area (Å²) in [5.41, 5.74) is 1.15. The highest BCUT2D eigenvalue weighted by molar-refractivity contribution is 5.36. The minimum Gasteiger partial charge on any atom is -0.367 e. The van der Waals surface area contributed by atoms with Crippen molar-refractivity contribution in [2.75, 3.05) is 5.32 Å². The van der Waals surface area contributed by atoms with Crippen LogP contribution in [-0.2, 0) is 6.42 Å². The number of anilines is 1. The van der Waals surface area contributed by atoms with Crippen molar-refractivity contribution < 1.29 is 0 Å². The molecule has 1 saturated carbocycles. The maximum absolute atomic E-state index is 4.35. The zero-order chi connectivity index (χ0) is 13.0. The molecule has 0 amide bonds. The minimum atomic E-state index is 0.575. The van der Waals surface area contributed by atoms with Crippen molar-refractivity contribution in [1.82, 2.24) is 9.97 Å². The summed E-state index contributed by atoms with van der Waals surface area (Å²) in [5, 5.41) is 3.60. The molecule has 18 heavy (non-hydrogen) atoms. The van der Waals surface area contributed by atoms with Gasteiger partial charge >= 0.3 is 0 Å². The second-order valence-corrected chi connectivity index (χ2v) is 5.79. The molecule has 0 radical (unpaired) electrons. The summed E-state index contributed by atoms with van der Waals surface area (Å²) in [4.78, 5) is 8.65. The van der Waals surface area contributed by atoms with Crippen LogP contribution in [0.25, 0.3) is 0 Å². The summed E-state index contributed by atoms with van der Waals surface area (Å²) in [6, 6.07) is 2.68. The third kappa shape index (κ3) is 3.44. The van der Waals surface area contributed by atoms with E-state index in [2.05, 4.69) is 42.1 Å². The van der Waals surface area contributed by atoms with Gasteiger partial charge in [-0.25, -0.2) is 9.97 Å². The van der Waals surface area contributed by atoms with Crippen molar-refractivity contribution in [3.05, 3.63) is 18.1 Å². The molecule has 0 aliphatic heterocycles. The molecule has 2 rings (SSSR count). The van der Waals surface area contributed by atoms with Crippen LogP contribution in [0.5, 0.6) is 0 Å². The summed E-state index contributed by atoms with van der Waals surface area (Å²) in [6.07, 6.45) is 7.76. The third-order valence-electron chi connectivity index (χ3n) is 3.99. The number of rotatable bonds is 4. The van der Waals surface area contributed by atoms with Crippen LogP contribution in [0.3, 0.4) is 0 Å². The molecule has 1 N–H and O–H groups in total. The van der Waals surface area contributed by atoms with Gasteiger partial charge in [-0.1, -0.05) is 27.2 Å². The van der Waals surface area contributed by atoms with Crippen molar-refractivity contribution in [2.45, 2.75) is 58.9 Å². The Bertz CT molecular complexity index is 378. The number of hydrogen-bond acceptors (Lipinski definition) is 3. The lowest BCUT2D eigenvalue weighted by molar-refractivity contribution is 0.276. The molecule has 3 nitrogen and oxygen atoms in total. The van der Waals surface area contributed by atoms with E-state index in [-0.39, 0.29) is 0 Å². The molecule has 0 saturated heterocycles. The number of nitrogens with zero attached hydrogens (tertiary/aromatic N) is 2. The molecule has 100 valence electrons. The standard InChI is InChI=1S/C15H25N3/c1-4-5-13-9-15(17-10-16-13)18-14-7-6-11(2)8-12(14)3/h9-12,14H,4-8H2,1-3H3,(H,16,17,18). The van der Waals surface area contributed by atoms with E-state index in [0.29, 0.717) is 6.04 Å². The second kappa shape index (κ2) is 6.17. The van der Waals surface area contributed by atoms with Crippen LogP contribution in [0.4, 0.5) is 5.82 Å². The Kier molecular flexibility index (Phi) is 4.56. The van der Waals surface area contributed by atoms with E-state index in [4.69, 9.17) is 0 Å². The van der Waals surface area contributed by atoms with E-state index in [1.807, 2.05) is 0 Å². The van der Waals surface area contributed by atoms with E-state index in [1.165, 1.54) is 19.3 Å². The molecule has 1 aromatic heterocycles. The van der Waals surface area contributed by atoms with Gasteiger partial charge < -0.3 is 5.32 Å². The fraction of sp³-hybridized carbons (Fsp3) is 0.733. The molecule has 0 aromatic carbocycles. The van der Waals surface area contributed by atoms with Gasteiger partial charge in [0, 0.05) is 17.8 Å². The van der Waals surface area contributed by atoms with Crippen molar-refractivity contribution in [2.24, 2.45) is 11.8 Å². The van der Waals surface area contributed by atoms with Crippen LogP contribution in [0.2, 0.25) is 0 Å². The van der Waals surface area contributed by atoms with Crippen LogP contribution in [-0.4, -0.2) is 16.0 Å².